The Morgan fingerprint density at radius 1 is 1.53 bits per heavy atom. The molecule has 19 heavy (non-hydrogen) atoms. The molecule has 0 amide bonds. The molecule has 108 valence electrons. The lowest BCUT2D eigenvalue weighted by Crippen LogP contribution is -2.17. The van der Waals surface area contributed by atoms with E-state index in [-0.39, 0.29) is 17.2 Å². The first-order valence-electron chi connectivity index (χ1n) is 5.80. The number of aryl methyl sites for hydroxylation is 1. The third-order valence-corrected chi connectivity index (χ3v) is 2.62. The van der Waals surface area contributed by atoms with Crippen LogP contribution in [0.2, 0.25) is 5.02 Å². The number of phenols is 1. The van der Waals surface area contributed by atoms with Crippen LogP contribution in [-0.2, 0) is 9.53 Å². The molecular weight excluding hydrogens is 286 g/mol. The molecule has 0 radical (unpaired) electrons. The molecule has 1 aromatic carbocycles. The van der Waals surface area contributed by atoms with Crippen LogP contribution in [0, 0.1) is 6.92 Å². The van der Waals surface area contributed by atoms with Crippen LogP contribution in [0.15, 0.2) is 12.1 Å². The second kappa shape index (κ2) is 9.07. The Labute approximate surface area is 124 Å². The van der Waals surface area contributed by atoms with Crippen molar-refractivity contribution >= 4 is 30.2 Å². The number of thiol groups is 1. The Balaban J connectivity index is 0.00000154. The summed E-state index contributed by atoms with van der Waals surface area (Å²) in [4.78, 5) is 11.3. The van der Waals surface area contributed by atoms with Crippen LogP contribution in [0.4, 0.5) is 0 Å². The average molecular weight is 306 g/mol. The molecule has 1 atom stereocenters. The molecule has 0 saturated carbocycles. The predicted molar refractivity (Wildman–Crippen MR) is 80.9 cm³/mol. The summed E-state index contributed by atoms with van der Waals surface area (Å²) in [7, 11) is 0. The molecule has 0 aliphatic heterocycles. The summed E-state index contributed by atoms with van der Waals surface area (Å²) in [5, 5.41) is 10.0. The van der Waals surface area contributed by atoms with Crippen molar-refractivity contribution in [1.29, 1.82) is 0 Å². The quantitative estimate of drug-likeness (QED) is 0.591. The maximum absolute atomic E-state index is 11.3. The van der Waals surface area contributed by atoms with Crippen LogP contribution in [0.1, 0.15) is 30.5 Å². The zero-order chi connectivity index (χ0) is 15.0. The van der Waals surface area contributed by atoms with E-state index in [2.05, 4.69) is 12.6 Å². The first-order chi connectivity index (χ1) is 8.95. The molecule has 0 saturated heterocycles. The Hall–Kier alpha value is -0.910. The fourth-order valence-electron chi connectivity index (χ4n) is 1.55. The van der Waals surface area contributed by atoms with Crippen LogP contribution >= 0.6 is 24.2 Å². The van der Waals surface area contributed by atoms with Gasteiger partial charge in [-0.05, 0) is 31.7 Å². The van der Waals surface area contributed by atoms with Crippen molar-refractivity contribution in [2.45, 2.75) is 26.3 Å². The van der Waals surface area contributed by atoms with Crippen LogP contribution < -0.4 is 5.73 Å². The Bertz CT molecular complexity index is 427. The molecule has 0 fully saturated rings. The highest BCUT2D eigenvalue weighted by Crippen LogP contribution is 2.33. The minimum absolute atomic E-state index is 0.0151. The summed E-state index contributed by atoms with van der Waals surface area (Å²) < 4.78 is 4.80. The van der Waals surface area contributed by atoms with Crippen molar-refractivity contribution in [1.82, 2.24) is 0 Å². The summed E-state index contributed by atoms with van der Waals surface area (Å²) in [5.74, 6) is -0.467. The zero-order valence-corrected chi connectivity index (χ0v) is 13.0. The molecule has 1 aromatic rings. The SMILES string of the molecule is CCOC(=O)C[C@H](N)c1cc(C)cc(Cl)c1O.CS. The van der Waals surface area contributed by atoms with E-state index in [1.807, 2.05) is 6.92 Å². The number of halogens is 1. The van der Waals surface area contributed by atoms with Gasteiger partial charge in [-0.3, -0.25) is 4.79 Å². The van der Waals surface area contributed by atoms with Crippen molar-refractivity contribution in [3.05, 3.63) is 28.3 Å². The van der Waals surface area contributed by atoms with Gasteiger partial charge >= 0.3 is 5.97 Å². The first-order valence-corrected chi connectivity index (χ1v) is 7.07. The monoisotopic (exact) mass is 305 g/mol. The van der Waals surface area contributed by atoms with Crippen LogP contribution in [0.3, 0.4) is 0 Å². The fourth-order valence-corrected chi connectivity index (χ4v) is 1.83. The summed E-state index contributed by atoms with van der Waals surface area (Å²) in [6.45, 7) is 3.88. The number of aromatic hydroxyl groups is 1. The largest absolute Gasteiger partial charge is 0.506 e. The van der Waals surface area contributed by atoms with Gasteiger partial charge in [0, 0.05) is 11.6 Å². The highest BCUT2D eigenvalue weighted by atomic mass is 35.5. The zero-order valence-electron chi connectivity index (χ0n) is 11.3. The normalized spacial score (nSPS) is 11.3. The molecule has 6 heteroatoms. The number of rotatable bonds is 4. The molecule has 0 heterocycles. The third kappa shape index (κ3) is 5.72. The van der Waals surface area contributed by atoms with E-state index < -0.39 is 12.0 Å². The average Bonchev–Trinajstić information content (AvgIpc) is 2.36. The number of ether oxygens (including phenoxy) is 1. The molecule has 0 aromatic heterocycles. The number of hydrogen-bond donors (Lipinski definition) is 3. The van der Waals surface area contributed by atoms with Gasteiger partial charge in [0.2, 0.25) is 0 Å². The molecule has 0 aliphatic carbocycles. The Morgan fingerprint density at radius 3 is 2.63 bits per heavy atom. The molecule has 0 spiro atoms. The van der Waals surface area contributed by atoms with Crippen molar-refractivity contribution in [3.8, 4) is 5.75 Å². The smallest absolute Gasteiger partial charge is 0.307 e. The van der Waals surface area contributed by atoms with E-state index >= 15 is 0 Å². The number of nitrogens with two attached hydrogens (primary N) is 1. The highest BCUT2D eigenvalue weighted by Gasteiger charge is 2.18. The number of esters is 1. The van der Waals surface area contributed by atoms with E-state index in [9.17, 15) is 9.90 Å². The topological polar surface area (TPSA) is 72.5 Å². The number of carbonyl (C=O) groups excluding carboxylic acids is 1. The van der Waals surface area contributed by atoms with Gasteiger partial charge in [0.1, 0.15) is 5.75 Å². The van der Waals surface area contributed by atoms with Gasteiger partial charge in [-0.1, -0.05) is 17.7 Å². The van der Waals surface area contributed by atoms with Crippen molar-refractivity contribution < 1.29 is 14.6 Å². The Morgan fingerprint density at radius 2 is 2.11 bits per heavy atom. The van der Waals surface area contributed by atoms with E-state index in [1.165, 1.54) is 0 Å². The van der Waals surface area contributed by atoms with E-state index in [0.29, 0.717) is 12.2 Å². The fraction of sp³-hybridized carbons (Fsp3) is 0.462. The number of hydrogen-bond acceptors (Lipinski definition) is 5. The van der Waals surface area contributed by atoms with Crippen molar-refractivity contribution in [2.24, 2.45) is 5.73 Å². The predicted octanol–water partition coefficient (Wildman–Crippen LogP) is 2.85. The van der Waals surface area contributed by atoms with Gasteiger partial charge in [0.05, 0.1) is 18.1 Å². The van der Waals surface area contributed by atoms with Gasteiger partial charge in [0.25, 0.3) is 0 Å². The van der Waals surface area contributed by atoms with E-state index in [4.69, 9.17) is 22.1 Å². The maximum atomic E-state index is 11.3. The van der Waals surface area contributed by atoms with Gasteiger partial charge in [-0.2, -0.15) is 12.6 Å². The number of carbonyl (C=O) groups is 1. The highest BCUT2D eigenvalue weighted by molar-refractivity contribution is 7.79. The molecule has 0 aliphatic rings. The lowest BCUT2D eigenvalue weighted by atomic mass is 10.0. The van der Waals surface area contributed by atoms with Crippen molar-refractivity contribution in [3.63, 3.8) is 0 Å². The molecule has 3 N–H and O–H groups in total. The van der Waals surface area contributed by atoms with Crippen molar-refractivity contribution in [2.75, 3.05) is 12.9 Å². The number of benzene rings is 1. The van der Waals surface area contributed by atoms with Crippen LogP contribution in [0.25, 0.3) is 0 Å². The minimum atomic E-state index is -0.619. The molecule has 0 unspecified atom stereocenters. The first kappa shape index (κ1) is 18.1. The van der Waals surface area contributed by atoms with Gasteiger partial charge in [-0.25, -0.2) is 0 Å². The van der Waals surface area contributed by atoms with E-state index in [0.717, 1.165) is 5.56 Å². The van der Waals surface area contributed by atoms with E-state index in [1.54, 1.807) is 25.3 Å². The second-order valence-corrected chi connectivity index (χ2v) is 4.21. The molecule has 1 rings (SSSR count). The van der Waals surface area contributed by atoms with Gasteiger partial charge in [-0.15, -0.1) is 0 Å². The standard InChI is InChI=1S/C12H16ClNO3.CH4S/c1-3-17-11(15)6-10(14)8-4-7(2)5-9(13)12(8)16;1-2/h4-5,10,16H,3,6,14H2,1-2H3;2H,1H3/t10-;/m0./s1. The summed E-state index contributed by atoms with van der Waals surface area (Å²) in [6.07, 6.45) is 1.71. The van der Waals surface area contributed by atoms with Crippen LogP contribution in [0.5, 0.6) is 5.75 Å². The van der Waals surface area contributed by atoms with Gasteiger partial charge < -0.3 is 15.6 Å². The molecule has 4 nitrogen and oxygen atoms in total. The third-order valence-electron chi connectivity index (χ3n) is 2.33. The van der Waals surface area contributed by atoms with Crippen LogP contribution in [-0.4, -0.2) is 23.9 Å². The lowest BCUT2D eigenvalue weighted by molar-refractivity contribution is -0.143. The Kier molecular flexibility index (Phi) is 8.63. The number of phenolic OH excluding ortho intramolecular Hbond substituents is 1. The molecule has 0 bridgehead atoms. The maximum Gasteiger partial charge on any atom is 0.307 e. The minimum Gasteiger partial charge on any atom is -0.506 e. The summed E-state index contributed by atoms with van der Waals surface area (Å²) in [5.41, 5.74) is 7.18. The summed E-state index contributed by atoms with van der Waals surface area (Å²) in [6, 6.07) is 2.73. The summed E-state index contributed by atoms with van der Waals surface area (Å²) >= 11 is 9.37. The molecular formula is C13H20ClNO3S. The van der Waals surface area contributed by atoms with Gasteiger partial charge in [0.15, 0.2) is 0 Å². The second-order valence-electron chi connectivity index (χ2n) is 3.80. The lowest BCUT2D eigenvalue weighted by Gasteiger charge is -2.14.